The number of carbonyl (C=O) groups is 2. The predicted molar refractivity (Wildman–Crippen MR) is 89.5 cm³/mol. The van der Waals surface area contributed by atoms with Crippen molar-refractivity contribution in [3.8, 4) is 0 Å². The van der Waals surface area contributed by atoms with E-state index < -0.39 is 8.07 Å². The summed E-state index contributed by atoms with van der Waals surface area (Å²) in [6.45, 7) is 13.9. The lowest BCUT2D eigenvalue weighted by Crippen LogP contribution is -2.44. The van der Waals surface area contributed by atoms with Gasteiger partial charge in [-0.25, -0.2) is 0 Å². The summed E-state index contributed by atoms with van der Waals surface area (Å²) < 4.78 is 0. The van der Waals surface area contributed by atoms with Gasteiger partial charge in [0.1, 0.15) is 0 Å². The summed E-state index contributed by atoms with van der Waals surface area (Å²) in [6, 6.07) is 6.84. The van der Waals surface area contributed by atoms with Gasteiger partial charge in [0, 0.05) is 0 Å². The largest absolute Gasteiger partial charge is 0.285 e. The van der Waals surface area contributed by atoms with Gasteiger partial charge in [-0.1, -0.05) is 52.9 Å². The van der Waals surface area contributed by atoms with Gasteiger partial charge in [0.25, 0.3) is 11.8 Å². The van der Waals surface area contributed by atoms with E-state index in [0.29, 0.717) is 23.3 Å². The smallest absolute Gasteiger partial charge is 0.266 e. The SMILES string of the molecule is C[C@H](CON1C(=O)c2ccccc2C1=O)[Si](C)(C)C(C)(C)C. The summed E-state index contributed by atoms with van der Waals surface area (Å²) >= 11 is 0. The third-order valence-electron chi connectivity index (χ3n) is 5.38. The van der Waals surface area contributed by atoms with Crippen molar-refractivity contribution >= 4 is 19.9 Å². The van der Waals surface area contributed by atoms with Gasteiger partial charge in [-0.2, -0.15) is 0 Å². The minimum atomic E-state index is -1.58. The first kappa shape index (κ1) is 16.9. The standard InChI is InChI=1S/C17H25NO3Si/c1-12(22(5,6)17(2,3)4)11-21-18-15(19)13-9-7-8-10-14(13)16(18)20/h7-10,12H,11H2,1-6H3/t12-/m1/s1. The molecule has 0 spiro atoms. The molecule has 2 rings (SSSR count). The molecule has 0 saturated carbocycles. The second kappa shape index (κ2) is 5.63. The molecule has 0 unspecified atom stereocenters. The van der Waals surface area contributed by atoms with Crippen molar-refractivity contribution in [3.05, 3.63) is 35.4 Å². The van der Waals surface area contributed by atoms with E-state index >= 15 is 0 Å². The molecule has 0 aliphatic carbocycles. The number of hydrogen-bond donors (Lipinski definition) is 0. The summed E-state index contributed by atoms with van der Waals surface area (Å²) in [5.41, 5.74) is 1.18. The van der Waals surface area contributed by atoms with E-state index in [4.69, 9.17) is 4.84 Å². The van der Waals surface area contributed by atoms with Crippen LogP contribution in [0.4, 0.5) is 0 Å². The third kappa shape index (κ3) is 2.75. The molecule has 0 aromatic heterocycles. The number of rotatable bonds is 4. The molecule has 1 aromatic rings. The molecule has 1 aliphatic rings. The molecule has 22 heavy (non-hydrogen) atoms. The van der Waals surface area contributed by atoms with Gasteiger partial charge in [0.05, 0.1) is 25.8 Å². The van der Waals surface area contributed by atoms with Crippen molar-refractivity contribution in [2.45, 2.75) is 51.4 Å². The number of carbonyl (C=O) groups excluding carboxylic acids is 2. The molecular formula is C17H25NO3Si. The van der Waals surface area contributed by atoms with Crippen LogP contribution in [0.3, 0.4) is 0 Å². The molecule has 1 aromatic carbocycles. The van der Waals surface area contributed by atoms with Crippen LogP contribution in [0.25, 0.3) is 0 Å². The van der Waals surface area contributed by atoms with Gasteiger partial charge in [-0.3, -0.25) is 14.4 Å². The van der Waals surface area contributed by atoms with Crippen molar-refractivity contribution in [3.63, 3.8) is 0 Å². The topological polar surface area (TPSA) is 46.6 Å². The zero-order chi connectivity index (χ0) is 16.7. The summed E-state index contributed by atoms with van der Waals surface area (Å²) in [7, 11) is -1.58. The fourth-order valence-electron chi connectivity index (χ4n) is 2.42. The number of hydrogen-bond acceptors (Lipinski definition) is 3. The second-order valence-corrected chi connectivity index (χ2v) is 13.5. The maximum absolute atomic E-state index is 12.3. The highest BCUT2D eigenvalue weighted by Crippen LogP contribution is 2.43. The van der Waals surface area contributed by atoms with Crippen LogP contribution in [-0.4, -0.2) is 31.6 Å². The normalized spacial score (nSPS) is 16.9. The van der Waals surface area contributed by atoms with E-state index in [-0.39, 0.29) is 16.9 Å². The van der Waals surface area contributed by atoms with Crippen molar-refractivity contribution in [2.24, 2.45) is 0 Å². The van der Waals surface area contributed by atoms with Gasteiger partial charge in [-0.05, 0) is 22.7 Å². The zero-order valence-corrected chi connectivity index (χ0v) is 15.3. The molecule has 0 saturated heterocycles. The molecule has 1 aliphatic heterocycles. The number of amides is 2. The Hall–Kier alpha value is -1.46. The number of benzene rings is 1. The Labute approximate surface area is 133 Å². The molecule has 1 atom stereocenters. The predicted octanol–water partition coefficient (Wildman–Crippen LogP) is 4.11. The van der Waals surface area contributed by atoms with Gasteiger partial charge >= 0.3 is 0 Å². The quantitative estimate of drug-likeness (QED) is 0.619. The van der Waals surface area contributed by atoms with Gasteiger partial charge < -0.3 is 0 Å². The van der Waals surface area contributed by atoms with Crippen LogP contribution in [0.5, 0.6) is 0 Å². The Morgan fingerprint density at radius 1 is 1.09 bits per heavy atom. The van der Waals surface area contributed by atoms with E-state index in [2.05, 4.69) is 40.8 Å². The van der Waals surface area contributed by atoms with Crippen LogP contribution in [0, 0.1) is 0 Å². The minimum absolute atomic E-state index is 0.234. The Morgan fingerprint density at radius 3 is 1.95 bits per heavy atom. The summed E-state index contributed by atoms with van der Waals surface area (Å²) in [4.78, 5) is 30.1. The lowest BCUT2D eigenvalue weighted by molar-refractivity contribution is -0.0914. The molecule has 0 fully saturated rings. The molecule has 0 radical (unpaired) electrons. The van der Waals surface area contributed by atoms with Crippen LogP contribution in [0.15, 0.2) is 24.3 Å². The van der Waals surface area contributed by atoms with Gasteiger partial charge in [0.2, 0.25) is 0 Å². The van der Waals surface area contributed by atoms with Gasteiger partial charge in [-0.15, -0.1) is 5.06 Å². The zero-order valence-electron chi connectivity index (χ0n) is 14.3. The average Bonchev–Trinajstić information content (AvgIpc) is 2.68. The Balaban J connectivity index is 2.08. The Kier molecular flexibility index (Phi) is 4.32. The van der Waals surface area contributed by atoms with E-state index in [1.807, 2.05) is 0 Å². The first-order valence-electron chi connectivity index (χ1n) is 7.68. The lowest BCUT2D eigenvalue weighted by atomic mass is 10.1. The highest BCUT2D eigenvalue weighted by molar-refractivity contribution is 6.81. The van der Waals surface area contributed by atoms with Crippen LogP contribution in [-0.2, 0) is 4.84 Å². The molecular weight excluding hydrogens is 294 g/mol. The number of nitrogens with zero attached hydrogens (tertiary/aromatic N) is 1. The molecule has 1 heterocycles. The molecule has 0 bridgehead atoms. The third-order valence-corrected chi connectivity index (χ3v) is 11.9. The van der Waals surface area contributed by atoms with Crippen LogP contribution in [0.2, 0.25) is 23.7 Å². The van der Waals surface area contributed by atoms with Crippen molar-refractivity contribution in [1.82, 2.24) is 5.06 Å². The highest BCUT2D eigenvalue weighted by atomic mass is 28.3. The summed E-state index contributed by atoms with van der Waals surface area (Å²) in [5, 5.41) is 1.16. The molecule has 120 valence electrons. The fourth-order valence-corrected chi connectivity index (χ4v) is 4.39. The highest BCUT2D eigenvalue weighted by Gasteiger charge is 2.42. The van der Waals surface area contributed by atoms with Crippen molar-refractivity contribution in [2.75, 3.05) is 6.61 Å². The summed E-state index contributed by atoms with van der Waals surface area (Å²) in [6.07, 6.45) is 0. The fraction of sp³-hybridized carbons (Fsp3) is 0.529. The first-order chi connectivity index (χ1) is 10.1. The van der Waals surface area contributed by atoms with Crippen LogP contribution < -0.4 is 0 Å². The number of fused-ring (bicyclic) bond motifs is 1. The minimum Gasteiger partial charge on any atom is -0.266 e. The maximum Gasteiger partial charge on any atom is 0.285 e. The second-order valence-electron chi connectivity index (χ2n) is 7.62. The molecule has 2 amide bonds. The van der Waals surface area contributed by atoms with Gasteiger partial charge in [0.15, 0.2) is 0 Å². The van der Waals surface area contributed by atoms with E-state index in [1.165, 1.54) is 0 Å². The number of imide groups is 1. The monoisotopic (exact) mass is 319 g/mol. The summed E-state index contributed by atoms with van der Waals surface area (Å²) in [5.74, 6) is -0.717. The Bertz CT molecular complexity index is 569. The van der Waals surface area contributed by atoms with Crippen LogP contribution >= 0.6 is 0 Å². The molecule has 0 N–H and O–H groups in total. The van der Waals surface area contributed by atoms with E-state index in [1.54, 1.807) is 24.3 Å². The number of hydroxylamine groups is 2. The first-order valence-corrected chi connectivity index (χ1v) is 10.8. The Morgan fingerprint density at radius 2 is 1.55 bits per heavy atom. The lowest BCUT2D eigenvalue weighted by Gasteiger charge is -2.41. The van der Waals surface area contributed by atoms with Crippen molar-refractivity contribution < 1.29 is 14.4 Å². The van der Waals surface area contributed by atoms with E-state index in [9.17, 15) is 9.59 Å². The molecule has 5 heteroatoms. The van der Waals surface area contributed by atoms with Crippen LogP contribution in [0.1, 0.15) is 48.4 Å². The maximum atomic E-state index is 12.3. The molecule has 4 nitrogen and oxygen atoms in total. The van der Waals surface area contributed by atoms with E-state index in [0.717, 1.165) is 5.06 Å². The van der Waals surface area contributed by atoms with Crippen molar-refractivity contribution in [1.29, 1.82) is 0 Å². The average molecular weight is 319 g/mol.